The second kappa shape index (κ2) is 8.76. The summed E-state index contributed by atoms with van der Waals surface area (Å²) >= 11 is 0. The topological polar surface area (TPSA) is 0 Å². The largest absolute Gasteiger partial charge is 0.0951 e. The lowest BCUT2D eigenvalue weighted by Crippen LogP contribution is -1.91. The van der Waals surface area contributed by atoms with Crippen LogP contribution < -0.4 is 0 Å². The molecule has 0 N–H and O–H groups in total. The van der Waals surface area contributed by atoms with Gasteiger partial charge in [0.1, 0.15) is 0 Å². The molecule has 92 valence electrons. The van der Waals surface area contributed by atoms with Gasteiger partial charge in [-0.1, -0.05) is 42.9 Å². The molecule has 0 rings (SSSR count). The van der Waals surface area contributed by atoms with Gasteiger partial charge in [-0.25, -0.2) is 0 Å². The van der Waals surface area contributed by atoms with Gasteiger partial charge in [0, 0.05) is 0 Å². The maximum absolute atomic E-state index is 2.39. The molecule has 0 heterocycles. The molecule has 0 bridgehead atoms. The third-order valence-corrected chi connectivity index (χ3v) is 4.37. The lowest BCUT2D eigenvalue weighted by atomic mass is 10.3. The van der Waals surface area contributed by atoms with Crippen LogP contribution in [0, 0.1) is 0 Å². The summed E-state index contributed by atoms with van der Waals surface area (Å²) < 4.78 is 0. The quantitative estimate of drug-likeness (QED) is 0.431. The van der Waals surface area contributed by atoms with Gasteiger partial charge in [-0.05, 0) is 60.0 Å². The predicted molar refractivity (Wildman–Crippen MR) is 79.8 cm³/mol. The van der Waals surface area contributed by atoms with E-state index in [1.165, 1.54) is 35.2 Å². The molecule has 0 atom stereocenters. The first-order valence-electron chi connectivity index (χ1n) is 6.04. The molecule has 0 aliphatic rings. The van der Waals surface area contributed by atoms with E-state index >= 15 is 0 Å². The van der Waals surface area contributed by atoms with E-state index in [2.05, 4.69) is 59.8 Å². The van der Waals surface area contributed by atoms with E-state index in [1.807, 2.05) is 0 Å². The zero-order valence-electron chi connectivity index (χ0n) is 11.8. The highest BCUT2D eigenvalue weighted by Crippen LogP contribution is 2.36. The van der Waals surface area contributed by atoms with E-state index in [-0.39, 0.29) is 7.92 Å². The van der Waals surface area contributed by atoms with Crippen LogP contribution in [0.15, 0.2) is 34.9 Å². The molecule has 0 aliphatic heterocycles. The maximum atomic E-state index is 2.39. The summed E-state index contributed by atoms with van der Waals surface area (Å²) in [7, 11) is 0.113. The van der Waals surface area contributed by atoms with Crippen molar-refractivity contribution >= 4 is 7.92 Å². The Kier molecular flexibility index (Phi) is 8.57. The van der Waals surface area contributed by atoms with Crippen LogP contribution >= 0.6 is 7.92 Å². The molecule has 0 saturated carbocycles. The standard InChI is InChI=1S/C15H27P/c1-13(2)7-10-16(11-8-14(3)4)12-9-15(5)6/h7-9H,10-12H2,1-6H3. The Labute approximate surface area is 103 Å². The van der Waals surface area contributed by atoms with E-state index in [9.17, 15) is 0 Å². The smallest absolute Gasteiger partial charge is 0.0137 e. The fourth-order valence-corrected chi connectivity index (χ4v) is 3.48. The van der Waals surface area contributed by atoms with E-state index in [0.717, 1.165) is 0 Å². The number of allylic oxidation sites excluding steroid dienone is 6. The van der Waals surface area contributed by atoms with Gasteiger partial charge in [-0.3, -0.25) is 0 Å². The number of hydrogen-bond acceptors (Lipinski definition) is 0. The predicted octanol–water partition coefficient (Wildman–Crippen LogP) is 5.37. The van der Waals surface area contributed by atoms with Crippen molar-refractivity contribution in [3.05, 3.63) is 34.9 Å². The summed E-state index contributed by atoms with van der Waals surface area (Å²) in [5.41, 5.74) is 4.34. The third-order valence-electron chi connectivity index (χ3n) is 2.27. The minimum absolute atomic E-state index is 0.113. The molecule has 0 nitrogen and oxygen atoms in total. The highest BCUT2D eigenvalue weighted by molar-refractivity contribution is 7.58. The highest BCUT2D eigenvalue weighted by Gasteiger charge is 2.02. The van der Waals surface area contributed by atoms with Crippen molar-refractivity contribution in [1.29, 1.82) is 0 Å². The number of hydrogen-bond donors (Lipinski definition) is 0. The molecule has 0 spiro atoms. The van der Waals surface area contributed by atoms with Gasteiger partial charge in [0.25, 0.3) is 0 Å². The fraction of sp³-hybridized carbons (Fsp3) is 0.600. The normalized spacial score (nSPS) is 9.94. The molecular formula is C15H27P. The Balaban J connectivity index is 4.33. The van der Waals surface area contributed by atoms with Gasteiger partial charge in [0.15, 0.2) is 0 Å². The Morgan fingerprint density at radius 2 is 0.875 bits per heavy atom. The monoisotopic (exact) mass is 238 g/mol. The molecule has 16 heavy (non-hydrogen) atoms. The molecule has 0 aromatic heterocycles. The summed E-state index contributed by atoms with van der Waals surface area (Å²) in [6, 6.07) is 0. The van der Waals surface area contributed by atoms with Crippen LogP contribution in [0.1, 0.15) is 41.5 Å². The lowest BCUT2D eigenvalue weighted by molar-refractivity contribution is 1.33. The van der Waals surface area contributed by atoms with Crippen LogP contribution in [0.4, 0.5) is 0 Å². The van der Waals surface area contributed by atoms with E-state index in [1.54, 1.807) is 0 Å². The third kappa shape index (κ3) is 10.2. The summed E-state index contributed by atoms with van der Waals surface area (Å²) in [6.45, 7) is 13.1. The molecule has 0 aromatic carbocycles. The van der Waals surface area contributed by atoms with Crippen molar-refractivity contribution in [3.8, 4) is 0 Å². The first kappa shape index (κ1) is 15.7. The van der Waals surface area contributed by atoms with Gasteiger partial charge in [-0.2, -0.15) is 0 Å². The second-order valence-corrected chi connectivity index (χ2v) is 7.50. The lowest BCUT2D eigenvalue weighted by Gasteiger charge is -2.12. The molecule has 0 radical (unpaired) electrons. The van der Waals surface area contributed by atoms with Crippen LogP contribution in [0.3, 0.4) is 0 Å². The summed E-state index contributed by atoms with van der Waals surface area (Å²) in [6.07, 6.45) is 11.0. The molecule has 0 unspecified atom stereocenters. The summed E-state index contributed by atoms with van der Waals surface area (Å²) in [4.78, 5) is 0. The molecule has 0 saturated heterocycles. The summed E-state index contributed by atoms with van der Waals surface area (Å²) in [5.74, 6) is 0. The van der Waals surface area contributed by atoms with E-state index in [4.69, 9.17) is 0 Å². The van der Waals surface area contributed by atoms with Crippen LogP contribution in [0.2, 0.25) is 0 Å². The van der Waals surface area contributed by atoms with Crippen molar-refractivity contribution < 1.29 is 0 Å². The highest BCUT2D eigenvalue weighted by atomic mass is 31.1. The van der Waals surface area contributed by atoms with Gasteiger partial charge >= 0.3 is 0 Å². The average Bonchev–Trinajstić information content (AvgIpc) is 2.15. The fourth-order valence-electron chi connectivity index (χ4n) is 1.16. The second-order valence-electron chi connectivity index (χ2n) is 5.06. The summed E-state index contributed by atoms with van der Waals surface area (Å²) in [5, 5.41) is 0. The zero-order chi connectivity index (χ0) is 12.6. The first-order valence-corrected chi connectivity index (χ1v) is 7.94. The minimum atomic E-state index is 0.113. The Hall–Kier alpha value is -0.350. The SMILES string of the molecule is CC(C)=CCP(CC=C(C)C)CC=C(C)C. The Morgan fingerprint density at radius 1 is 0.625 bits per heavy atom. The van der Waals surface area contributed by atoms with Gasteiger partial charge in [-0.15, -0.1) is 0 Å². The van der Waals surface area contributed by atoms with Crippen LogP contribution in [0.25, 0.3) is 0 Å². The van der Waals surface area contributed by atoms with Crippen molar-refractivity contribution in [1.82, 2.24) is 0 Å². The van der Waals surface area contributed by atoms with Crippen LogP contribution in [-0.2, 0) is 0 Å². The van der Waals surface area contributed by atoms with Crippen molar-refractivity contribution in [3.63, 3.8) is 0 Å². The zero-order valence-corrected chi connectivity index (χ0v) is 12.7. The first-order chi connectivity index (χ1) is 7.41. The minimum Gasteiger partial charge on any atom is -0.0951 e. The molecular weight excluding hydrogens is 211 g/mol. The van der Waals surface area contributed by atoms with Crippen LogP contribution in [-0.4, -0.2) is 18.5 Å². The molecule has 0 aliphatic carbocycles. The molecule has 0 amide bonds. The molecule has 0 aromatic rings. The molecule has 1 heteroatoms. The van der Waals surface area contributed by atoms with E-state index < -0.39 is 0 Å². The van der Waals surface area contributed by atoms with Crippen molar-refractivity contribution in [2.24, 2.45) is 0 Å². The van der Waals surface area contributed by atoms with Gasteiger partial charge in [0.2, 0.25) is 0 Å². The Bertz CT molecular complexity index is 222. The van der Waals surface area contributed by atoms with Crippen molar-refractivity contribution in [2.45, 2.75) is 41.5 Å². The van der Waals surface area contributed by atoms with Crippen LogP contribution in [0.5, 0.6) is 0 Å². The number of rotatable bonds is 6. The molecule has 0 fully saturated rings. The Morgan fingerprint density at radius 3 is 1.06 bits per heavy atom. The van der Waals surface area contributed by atoms with Crippen molar-refractivity contribution in [2.75, 3.05) is 18.5 Å². The van der Waals surface area contributed by atoms with Gasteiger partial charge in [0.05, 0.1) is 0 Å². The average molecular weight is 238 g/mol. The maximum Gasteiger partial charge on any atom is -0.0137 e. The van der Waals surface area contributed by atoms with E-state index in [0.29, 0.717) is 0 Å². The van der Waals surface area contributed by atoms with Gasteiger partial charge < -0.3 is 0 Å².